The number of benzene rings is 2. The van der Waals surface area contributed by atoms with E-state index in [0.29, 0.717) is 0 Å². The topological polar surface area (TPSA) is 30.5 Å². The molecular formula is C21H29NO2. The molecule has 0 aliphatic carbocycles. The predicted molar refractivity (Wildman–Crippen MR) is 101 cm³/mol. The predicted octanol–water partition coefficient (Wildman–Crippen LogP) is 5.66. The summed E-state index contributed by atoms with van der Waals surface area (Å²) in [6, 6.07) is 16.3. The Hall–Kier alpha value is -2.16. The Balaban J connectivity index is 1.91. The number of unbranched alkanes of at least 4 members (excludes halogenated alkanes) is 2. The van der Waals surface area contributed by atoms with Crippen molar-refractivity contribution in [1.82, 2.24) is 0 Å². The third kappa shape index (κ3) is 6.15. The maximum absolute atomic E-state index is 5.94. The Morgan fingerprint density at radius 1 is 0.833 bits per heavy atom. The highest BCUT2D eigenvalue weighted by molar-refractivity contribution is 5.49. The highest BCUT2D eigenvalue weighted by Crippen LogP contribution is 2.22. The van der Waals surface area contributed by atoms with E-state index in [9.17, 15) is 0 Å². The Kier molecular flexibility index (Phi) is 8.02. The lowest BCUT2D eigenvalue weighted by Crippen LogP contribution is -2.04. The standard InChI is InChI=1S/C21H29NO2/c1-3-5-8-15-24-21-13-7-6-10-18(21)17-22-19-11-9-12-20(16-19)23-14-4-2/h6-7,9-13,16,22H,3-5,8,14-15,17H2,1-2H3. The van der Waals surface area contributed by atoms with Crippen molar-refractivity contribution >= 4 is 5.69 Å². The van der Waals surface area contributed by atoms with E-state index in [1.807, 2.05) is 30.3 Å². The fraction of sp³-hybridized carbons (Fsp3) is 0.429. The molecular weight excluding hydrogens is 298 g/mol. The molecule has 24 heavy (non-hydrogen) atoms. The molecule has 0 radical (unpaired) electrons. The smallest absolute Gasteiger partial charge is 0.124 e. The Morgan fingerprint density at radius 2 is 1.71 bits per heavy atom. The molecule has 2 rings (SSSR count). The molecule has 2 aromatic carbocycles. The zero-order chi connectivity index (χ0) is 17.0. The minimum Gasteiger partial charge on any atom is -0.494 e. The van der Waals surface area contributed by atoms with Crippen LogP contribution in [0.25, 0.3) is 0 Å². The fourth-order valence-electron chi connectivity index (χ4n) is 2.44. The first-order chi connectivity index (χ1) is 11.8. The van der Waals surface area contributed by atoms with Gasteiger partial charge in [-0.25, -0.2) is 0 Å². The van der Waals surface area contributed by atoms with Crippen LogP contribution in [0.3, 0.4) is 0 Å². The van der Waals surface area contributed by atoms with Gasteiger partial charge in [0.15, 0.2) is 0 Å². The second kappa shape index (κ2) is 10.6. The number of hydrogen-bond acceptors (Lipinski definition) is 3. The summed E-state index contributed by atoms with van der Waals surface area (Å²) < 4.78 is 11.6. The minimum absolute atomic E-state index is 0.737. The Bertz CT molecular complexity index is 598. The summed E-state index contributed by atoms with van der Waals surface area (Å²) >= 11 is 0. The highest BCUT2D eigenvalue weighted by atomic mass is 16.5. The average Bonchev–Trinajstić information content (AvgIpc) is 2.63. The van der Waals surface area contributed by atoms with Crippen molar-refractivity contribution < 1.29 is 9.47 Å². The second-order valence-corrected chi connectivity index (χ2v) is 5.89. The summed E-state index contributed by atoms with van der Waals surface area (Å²) in [6.07, 6.45) is 4.55. The van der Waals surface area contributed by atoms with Crippen molar-refractivity contribution in [2.75, 3.05) is 18.5 Å². The molecule has 0 saturated heterocycles. The summed E-state index contributed by atoms with van der Waals surface area (Å²) in [5, 5.41) is 3.46. The van der Waals surface area contributed by atoms with Gasteiger partial charge in [-0.3, -0.25) is 0 Å². The molecule has 3 nitrogen and oxygen atoms in total. The van der Waals surface area contributed by atoms with E-state index in [4.69, 9.17) is 9.47 Å². The lowest BCUT2D eigenvalue weighted by atomic mass is 10.2. The zero-order valence-electron chi connectivity index (χ0n) is 14.9. The second-order valence-electron chi connectivity index (χ2n) is 5.89. The van der Waals surface area contributed by atoms with Crippen LogP contribution in [-0.4, -0.2) is 13.2 Å². The van der Waals surface area contributed by atoms with Gasteiger partial charge in [0.1, 0.15) is 11.5 Å². The van der Waals surface area contributed by atoms with Crippen LogP contribution in [0.2, 0.25) is 0 Å². The normalized spacial score (nSPS) is 10.4. The molecule has 0 bridgehead atoms. The monoisotopic (exact) mass is 327 g/mol. The van der Waals surface area contributed by atoms with Crippen molar-refractivity contribution in [2.24, 2.45) is 0 Å². The van der Waals surface area contributed by atoms with Crippen molar-refractivity contribution in [3.63, 3.8) is 0 Å². The number of anilines is 1. The van der Waals surface area contributed by atoms with Crippen molar-refractivity contribution in [3.05, 3.63) is 54.1 Å². The maximum Gasteiger partial charge on any atom is 0.124 e. The van der Waals surface area contributed by atoms with Crippen LogP contribution in [0.5, 0.6) is 11.5 Å². The van der Waals surface area contributed by atoms with Crippen molar-refractivity contribution in [2.45, 2.75) is 46.1 Å². The molecule has 130 valence electrons. The van der Waals surface area contributed by atoms with Gasteiger partial charge in [-0.05, 0) is 31.0 Å². The molecule has 0 unspecified atom stereocenters. The number of hydrogen-bond donors (Lipinski definition) is 1. The molecule has 0 aliphatic rings. The van der Waals surface area contributed by atoms with Crippen LogP contribution in [0.4, 0.5) is 5.69 Å². The van der Waals surface area contributed by atoms with Crippen LogP contribution in [0.15, 0.2) is 48.5 Å². The largest absolute Gasteiger partial charge is 0.494 e. The molecule has 3 heteroatoms. The molecule has 0 aliphatic heterocycles. The first-order valence-electron chi connectivity index (χ1n) is 9.01. The molecule has 0 spiro atoms. The van der Waals surface area contributed by atoms with Gasteiger partial charge >= 0.3 is 0 Å². The van der Waals surface area contributed by atoms with E-state index in [0.717, 1.165) is 49.8 Å². The molecule has 0 saturated carbocycles. The lowest BCUT2D eigenvalue weighted by Gasteiger charge is -2.13. The summed E-state index contributed by atoms with van der Waals surface area (Å²) in [6.45, 7) is 6.58. The summed E-state index contributed by atoms with van der Waals surface area (Å²) in [7, 11) is 0. The quantitative estimate of drug-likeness (QED) is 0.540. The van der Waals surface area contributed by atoms with E-state index in [1.54, 1.807) is 0 Å². The molecule has 0 amide bonds. The number of nitrogens with one attached hydrogen (secondary N) is 1. The van der Waals surface area contributed by atoms with Gasteiger partial charge in [-0.2, -0.15) is 0 Å². The summed E-state index contributed by atoms with van der Waals surface area (Å²) in [5.74, 6) is 1.88. The highest BCUT2D eigenvalue weighted by Gasteiger charge is 2.03. The van der Waals surface area contributed by atoms with Gasteiger partial charge < -0.3 is 14.8 Å². The summed E-state index contributed by atoms with van der Waals surface area (Å²) in [5.41, 5.74) is 2.23. The number of para-hydroxylation sites is 1. The minimum atomic E-state index is 0.737. The third-order valence-electron chi connectivity index (χ3n) is 3.77. The molecule has 0 heterocycles. The van der Waals surface area contributed by atoms with Crippen molar-refractivity contribution in [1.29, 1.82) is 0 Å². The zero-order valence-corrected chi connectivity index (χ0v) is 14.9. The van der Waals surface area contributed by atoms with E-state index in [2.05, 4.69) is 37.4 Å². The third-order valence-corrected chi connectivity index (χ3v) is 3.77. The van der Waals surface area contributed by atoms with E-state index < -0.39 is 0 Å². The van der Waals surface area contributed by atoms with Gasteiger partial charge in [0, 0.05) is 23.9 Å². The SMILES string of the molecule is CCCCCOc1ccccc1CNc1cccc(OCCC)c1. The number of rotatable bonds is 11. The lowest BCUT2D eigenvalue weighted by molar-refractivity contribution is 0.303. The van der Waals surface area contributed by atoms with Crippen molar-refractivity contribution in [3.8, 4) is 11.5 Å². The number of ether oxygens (including phenoxy) is 2. The van der Waals surface area contributed by atoms with Crippen LogP contribution in [0, 0.1) is 0 Å². The Labute approximate surface area is 146 Å². The van der Waals surface area contributed by atoms with E-state index in [-0.39, 0.29) is 0 Å². The van der Waals surface area contributed by atoms with Crippen LogP contribution >= 0.6 is 0 Å². The average molecular weight is 327 g/mol. The fourth-order valence-corrected chi connectivity index (χ4v) is 2.44. The first kappa shape index (κ1) is 18.2. The van der Waals surface area contributed by atoms with Gasteiger partial charge in [0.05, 0.1) is 13.2 Å². The molecule has 0 aromatic heterocycles. The van der Waals surface area contributed by atoms with Crippen LogP contribution < -0.4 is 14.8 Å². The molecule has 0 atom stereocenters. The van der Waals surface area contributed by atoms with E-state index >= 15 is 0 Å². The van der Waals surface area contributed by atoms with Crippen LogP contribution in [-0.2, 0) is 6.54 Å². The molecule has 1 N–H and O–H groups in total. The van der Waals surface area contributed by atoms with E-state index in [1.165, 1.54) is 18.4 Å². The molecule has 0 fully saturated rings. The molecule has 2 aromatic rings. The van der Waals surface area contributed by atoms with Gasteiger partial charge in [0.2, 0.25) is 0 Å². The van der Waals surface area contributed by atoms with Gasteiger partial charge in [0.25, 0.3) is 0 Å². The Morgan fingerprint density at radius 3 is 2.54 bits per heavy atom. The van der Waals surface area contributed by atoms with Gasteiger partial charge in [-0.15, -0.1) is 0 Å². The first-order valence-corrected chi connectivity index (χ1v) is 9.01. The van der Waals surface area contributed by atoms with Crippen LogP contribution in [0.1, 0.15) is 45.1 Å². The van der Waals surface area contributed by atoms with Gasteiger partial charge in [-0.1, -0.05) is 51.0 Å². The maximum atomic E-state index is 5.94. The summed E-state index contributed by atoms with van der Waals surface area (Å²) in [4.78, 5) is 0.